The number of aliphatic hydroxyl groups is 1. The van der Waals surface area contributed by atoms with Crippen LogP contribution in [0.3, 0.4) is 0 Å². The molecule has 2 aromatic rings. The minimum Gasteiger partial charge on any atom is -0.506 e. The number of aryl methyl sites for hydroxylation is 1. The molecule has 5 nitrogen and oxygen atoms in total. The first-order valence-electron chi connectivity index (χ1n) is 8.35. The largest absolute Gasteiger partial charge is 0.506 e. The zero-order valence-corrected chi connectivity index (χ0v) is 17.5. The smallest absolute Gasteiger partial charge is 0.344 e. The molecule has 3 rings (SSSR count). The summed E-state index contributed by atoms with van der Waals surface area (Å²) in [5, 5.41) is 10.9. The monoisotopic (exact) mass is 433 g/mol. The summed E-state index contributed by atoms with van der Waals surface area (Å²) < 4.78 is 5.03. The number of ether oxygens (including phenoxy) is 1. The van der Waals surface area contributed by atoms with Crippen LogP contribution < -0.4 is 0 Å². The van der Waals surface area contributed by atoms with Crippen LogP contribution in [0.5, 0.6) is 0 Å². The van der Waals surface area contributed by atoms with E-state index in [1.165, 1.54) is 0 Å². The van der Waals surface area contributed by atoms with Crippen molar-refractivity contribution in [3.8, 4) is 0 Å². The summed E-state index contributed by atoms with van der Waals surface area (Å²) in [5.41, 5.74) is 0.0954. The molecule has 0 spiro atoms. The fraction of sp³-hybridized carbons (Fsp3) is 0.150. The molecule has 144 valence electrons. The number of hydrogen-bond donors (Lipinski definition) is 1. The van der Waals surface area contributed by atoms with E-state index >= 15 is 0 Å². The maximum absolute atomic E-state index is 12.6. The van der Waals surface area contributed by atoms with Crippen LogP contribution in [0.2, 0.25) is 5.02 Å². The molecule has 0 radical (unpaired) electrons. The van der Waals surface area contributed by atoms with Crippen LogP contribution in [0.15, 0.2) is 57.6 Å². The highest BCUT2D eigenvalue weighted by Gasteiger charge is 2.34. The van der Waals surface area contributed by atoms with Crippen LogP contribution in [0, 0.1) is 6.92 Å². The van der Waals surface area contributed by atoms with E-state index in [0.717, 1.165) is 21.5 Å². The molecular weight excluding hydrogens is 418 g/mol. The maximum atomic E-state index is 12.6. The lowest BCUT2D eigenvalue weighted by atomic mass is 10.2. The molecule has 1 aliphatic heterocycles. The van der Waals surface area contributed by atoms with Gasteiger partial charge in [-0.1, -0.05) is 35.5 Å². The van der Waals surface area contributed by atoms with E-state index in [4.69, 9.17) is 16.3 Å². The van der Waals surface area contributed by atoms with Crippen molar-refractivity contribution in [2.24, 2.45) is 4.99 Å². The number of carbonyl (C=O) groups excluding carboxylic acids is 2. The molecule has 0 bridgehead atoms. The number of hydrogen-bond acceptors (Lipinski definition) is 6. The highest BCUT2D eigenvalue weighted by atomic mass is 35.5. The first kappa shape index (κ1) is 20.4. The molecule has 0 aliphatic carbocycles. The van der Waals surface area contributed by atoms with E-state index in [0.29, 0.717) is 4.91 Å². The lowest BCUT2D eigenvalue weighted by Crippen LogP contribution is -2.14. The van der Waals surface area contributed by atoms with E-state index in [-0.39, 0.29) is 33.6 Å². The van der Waals surface area contributed by atoms with Gasteiger partial charge in [0.15, 0.2) is 0 Å². The first-order chi connectivity index (χ1) is 13.4. The molecular formula is C20H16ClNO4S2. The number of aliphatic imine (C=N–C) groups is 1. The second kappa shape index (κ2) is 8.77. The summed E-state index contributed by atoms with van der Waals surface area (Å²) in [6.45, 7) is 3.77. The molecule has 1 aliphatic rings. The fourth-order valence-corrected chi connectivity index (χ4v) is 4.55. The number of rotatable bonds is 4. The summed E-state index contributed by atoms with van der Waals surface area (Å²) in [5.74, 6) is -1.58. The minimum absolute atomic E-state index is 0.0837. The molecule has 1 aromatic carbocycles. The van der Waals surface area contributed by atoms with Crippen LogP contribution in [0.1, 0.15) is 27.0 Å². The highest BCUT2D eigenvalue weighted by molar-refractivity contribution is 8.18. The number of amides is 1. The lowest BCUT2D eigenvalue weighted by Gasteiger charge is -2.04. The van der Waals surface area contributed by atoms with E-state index in [1.807, 2.05) is 19.1 Å². The highest BCUT2D eigenvalue weighted by Crippen LogP contribution is 2.40. The molecule has 0 unspecified atom stereocenters. The standard InChI is InChI=1S/C20H16ClNO4S2/c1-3-26-20(25)16-17(23)15(10-12-9-8-11(2)27-12)28-19(16)22-18(24)13-6-4-5-7-14(13)21/h4-10,23H,3H2,1-2H3/b15-10-,22-19?. The average molecular weight is 434 g/mol. The van der Waals surface area contributed by atoms with Gasteiger partial charge in [-0.15, -0.1) is 11.3 Å². The fourth-order valence-electron chi connectivity index (χ4n) is 2.44. The Kier molecular flexibility index (Phi) is 6.39. The number of thioether (sulfide) groups is 1. The molecule has 0 saturated carbocycles. The lowest BCUT2D eigenvalue weighted by molar-refractivity contribution is -0.138. The number of halogens is 1. The number of nitrogens with zero attached hydrogens (tertiary/aromatic N) is 1. The summed E-state index contributed by atoms with van der Waals surface area (Å²) >= 11 is 8.65. The van der Waals surface area contributed by atoms with Crippen molar-refractivity contribution in [3.63, 3.8) is 0 Å². The third-order valence-electron chi connectivity index (χ3n) is 3.71. The topological polar surface area (TPSA) is 76.0 Å². The number of benzene rings is 1. The van der Waals surface area contributed by atoms with Crippen molar-refractivity contribution in [1.29, 1.82) is 0 Å². The molecule has 2 heterocycles. The van der Waals surface area contributed by atoms with Crippen LogP contribution in [0.25, 0.3) is 6.08 Å². The normalized spacial score (nSPS) is 16.8. The minimum atomic E-state index is -0.732. The van der Waals surface area contributed by atoms with Gasteiger partial charge in [0.1, 0.15) is 16.4 Å². The Hall–Kier alpha value is -2.35. The Morgan fingerprint density at radius 2 is 2.00 bits per heavy atom. The molecule has 0 atom stereocenters. The summed E-state index contributed by atoms with van der Waals surface area (Å²) in [4.78, 5) is 31.4. The van der Waals surface area contributed by atoms with E-state index in [9.17, 15) is 14.7 Å². The molecule has 1 aromatic heterocycles. The van der Waals surface area contributed by atoms with Gasteiger partial charge >= 0.3 is 5.97 Å². The van der Waals surface area contributed by atoms with Crippen molar-refractivity contribution < 1.29 is 19.4 Å². The second-order valence-electron chi connectivity index (χ2n) is 5.71. The Labute approximate surface area is 175 Å². The third kappa shape index (κ3) is 4.38. The van der Waals surface area contributed by atoms with Gasteiger partial charge in [-0.3, -0.25) is 4.79 Å². The predicted octanol–water partition coefficient (Wildman–Crippen LogP) is 5.41. The Morgan fingerprint density at radius 1 is 1.25 bits per heavy atom. The van der Waals surface area contributed by atoms with Crippen LogP contribution in [0.4, 0.5) is 0 Å². The molecule has 0 saturated heterocycles. The summed E-state index contributed by atoms with van der Waals surface area (Å²) in [6.07, 6.45) is 1.75. The first-order valence-corrected chi connectivity index (χ1v) is 10.4. The Balaban J connectivity index is 2.02. The van der Waals surface area contributed by atoms with Gasteiger partial charge in [0.05, 0.1) is 22.1 Å². The van der Waals surface area contributed by atoms with Crippen molar-refractivity contribution in [3.05, 3.63) is 73.0 Å². The zero-order valence-electron chi connectivity index (χ0n) is 15.1. The maximum Gasteiger partial charge on any atom is 0.344 e. The van der Waals surface area contributed by atoms with Gasteiger partial charge in [-0.2, -0.15) is 0 Å². The van der Waals surface area contributed by atoms with Crippen molar-refractivity contribution in [2.45, 2.75) is 13.8 Å². The molecule has 1 amide bonds. The van der Waals surface area contributed by atoms with Crippen molar-refractivity contribution in [1.82, 2.24) is 0 Å². The SMILES string of the molecule is CCOC(=O)C1=C(O)/C(=C/c2ccc(C)s2)SC1=NC(=O)c1ccccc1Cl. The van der Waals surface area contributed by atoms with Crippen LogP contribution in [-0.4, -0.2) is 28.6 Å². The van der Waals surface area contributed by atoms with Crippen molar-refractivity contribution in [2.75, 3.05) is 6.61 Å². The Morgan fingerprint density at radius 3 is 2.64 bits per heavy atom. The van der Waals surface area contributed by atoms with Crippen LogP contribution >= 0.6 is 34.7 Å². The summed E-state index contributed by atoms with van der Waals surface area (Å²) in [6, 6.07) is 10.4. The zero-order chi connectivity index (χ0) is 20.3. The summed E-state index contributed by atoms with van der Waals surface area (Å²) in [7, 11) is 0. The van der Waals surface area contributed by atoms with E-state index in [2.05, 4.69) is 4.99 Å². The number of aliphatic hydroxyl groups excluding tert-OH is 1. The number of thiophene rings is 1. The van der Waals surface area contributed by atoms with E-state index < -0.39 is 11.9 Å². The van der Waals surface area contributed by atoms with E-state index in [1.54, 1.807) is 48.6 Å². The van der Waals surface area contributed by atoms with Crippen molar-refractivity contribution >= 4 is 57.7 Å². The molecule has 1 N–H and O–H groups in total. The van der Waals surface area contributed by atoms with Gasteiger partial charge in [0.25, 0.3) is 5.91 Å². The van der Waals surface area contributed by atoms with Gasteiger partial charge < -0.3 is 9.84 Å². The Bertz CT molecular complexity index is 1040. The average Bonchev–Trinajstić information content (AvgIpc) is 3.19. The van der Waals surface area contributed by atoms with Crippen LogP contribution in [-0.2, 0) is 9.53 Å². The third-order valence-corrected chi connectivity index (χ3v) is 6.01. The quantitative estimate of drug-likeness (QED) is 0.652. The van der Waals surface area contributed by atoms with Gasteiger partial charge in [-0.05, 0) is 44.2 Å². The predicted molar refractivity (Wildman–Crippen MR) is 114 cm³/mol. The number of carbonyl (C=O) groups is 2. The molecule has 0 fully saturated rings. The van der Waals surface area contributed by atoms with Gasteiger partial charge in [0.2, 0.25) is 0 Å². The molecule has 28 heavy (non-hydrogen) atoms. The number of esters is 1. The molecule has 8 heteroatoms. The van der Waals surface area contributed by atoms with Gasteiger partial charge in [-0.25, -0.2) is 9.79 Å². The van der Waals surface area contributed by atoms with Gasteiger partial charge in [0, 0.05) is 9.75 Å². The second-order valence-corrected chi connectivity index (χ2v) is 8.46.